The molecule has 14 heteroatoms. The van der Waals surface area contributed by atoms with Gasteiger partial charge in [-0.3, -0.25) is 28.6 Å². The third-order valence-corrected chi connectivity index (χ3v) is 7.92. The van der Waals surface area contributed by atoms with Crippen molar-refractivity contribution in [3.05, 3.63) is 12.2 Å². The molecule has 29 heavy (non-hydrogen) atoms. The molecular weight excluding hydrogens is 431 g/mol. The van der Waals surface area contributed by atoms with Crippen LogP contribution in [0.3, 0.4) is 0 Å². The third kappa shape index (κ3) is 6.58. The second-order valence-electron chi connectivity index (χ2n) is 6.40. The normalized spacial score (nSPS) is 19.2. The Morgan fingerprint density at radius 2 is 1.59 bits per heavy atom. The van der Waals surface area contributed by atoms with Gasteiger partial charge in [0.15, 0.2) is 9.84 Å². The Morgan fingerprint density at radius 3 is 2.14 bits per heavy atom. The fraction of sp³-hybridized carbons (Fsp3) is 0.533. The van der Waals surface area contributed by atoms with E-state index in [0.29, 0.717) is 5.06 Å². The number of rotatable bonds is 10. The van der Waals surface area contributed by atoms with Crippen molar-refractivity contribution in [1.82, 2.24) is 9.96 Å². The second-order valence-corrected chi connectivity index (χ2v) is 11.3. The first-order valence-corrected chi connectivity index (χ1v) is 12.4. The summed E-state index contributed by atoms with van der Waals surface area (Å²) in [6.07, 6.45) is 0.0288. The summed E-state index contributed by atoms with van der Waals surface area (Å²) in [4.78, 5) is 72.3. The van der Waals surface area contributed by atoms with Crippen LogP contribution in [0.15, 0.2) is 12.2 Å². The van der Waals surface area contributed by atoms with Gasteiger partial charge in [0.25, 0.3) is 23.6 Å². The largest absolute Gasteiger partial charge is 0.344 e. The molecule has 2 aliphatic heterocycles. The summed E-state index contributed by atoms with van der Waals surface area (Å²) in [6.45, 7) is -0.368. The number of amides is 4. The maximum absolute atomic E-state index is 12.1. The van der Waals surface area contributed by atoms with E-state index in [1.807, 2.05) is 0 Å². The highest BCUT2D eigenvalue weighted by Gasteiger charge is 2.33. The van der Waals surface area contributed by atoms with Crippen LogP contribution >= 0.6 is 7.37 Å². The average molecular weight is 450 g/mol. The molecule has 1 fully saturated rings. The van der Waals surface area contributed by atoms with Crippen LogP contribution in [0.2, 0.25) is 0 Å². The van der Waals surface area contributed by atoms with Gasteiger partial charge < -0.3 is 9.73 Å². The Bertz CT molecular complexity index is 891. The number of sulfone groups is 1. The van der Waals surface area contributed by atoms with Crippen molar-refractivity contribution < 1.29 is 46.7 Å². The van der Waals surface area contributed by atoms with Crippen molar-refractivity contribution in [2.24, 2.45) is 0 Å². The summed E-state index contributed by atoms with van der Waals surface area (Å²) in [7, 11) is -7.86. The standard InChI is InChI=1S/C15H19N2O10PS/c18-11-1-2-12(19)16(11)6-9-29(25,26)10-8-28(23,24)7-5-15(22)27-17-13(20)3-4-14(17)21/h1-2H,3-10H2,(H,23,24). The van der Waals surface area contributed by atoms with Crippen molar-refractivity contribution in [2.45, 2.75) is 19.3 Å². The van der Waals surface area contributed by atoms with Crippen LogP contribution in [-0.2, 0) is 43.2 Å². The smallest absolute Gasteiger partial charge is 0.333 e. The maximum Gasteiger partial charge on any atom is 0.333 e. The molecule has 0 spiro atoms. The number of carbonyl (C=O) groups excluding carboxylic acids is 5. The third-order valence-electron chi connectivity index (χ3n) is 4.14. The zero-order valence-electron chi connectivity index (χ0n) is 15.2. The highest BCUT2D eigenvalue weighted by Crippen LogP contribution is 2.41. The lowest BCUT2D eigenvalue weighted by molar-refractivity contribution is -0.197. The van der Waals surface area contributed by atoms with Crippen LogP contribution in [0.4, 0.5) is 0 Å². The molecule has 0 aliphatic carbocycles. The van der Waals surface area contributed by atoms with Gasteiger partial charge in [-0.2, -0.15) is 0 Å². The average Bonchev–Trinajstić information content (AvgIpc) is 3.13. The molecule has 1 unspecified atom stereocenters. The summed E-state index contributed by atoms with van der Waals surface area (Å²) < 4.78 is 36.1. The van der Waals surface area contributed by atoms with Gasteiger partial charge in [-0.25, -0.2) is 13.2 Å². The van der Waals surface area contributed by atoms with E-state index in [2.05, 4.69) is 4.84 Å². The molecule has 2 heterocycles. The highest BCUT2D eigenvalue weighted by atomic mass is 32.2. The van der Waals surface area contributed by atoms with E-state index < -0.39 is 77.1 Å². The molecule has 0 aromatic heterocycles. The zero-order valence-corrected chi connectivity index (χ0v) is 16.9. The number of imide groups is 2. The monoisotopic (exact) mass is 450 g/mol. The topological polar surface area (TPSA) is 172 Å². The predicted molar refractivity (Wildman–Crippen MR) is 95.9 cm³/mol. The van der Waals surface area contributed by atoms with Crippen molar-refractivity contribution in [2.75, 3.05) is 30.4 Å². The van der Waals surface area contributed by atoms with Gasteiger partial charge in [-0.1, -0.05) is 0 Å². The van der Waals surface area contributed by atoms with Crippen LogP contribution in [-0.4, -0.2) is 83.2 Å². The summed E-state index contributed by atoms with van der Waals surface area (Å²) in [6, 6.07) is 0. The summed E-state index contributed by atoms with van der Waals surface area (Å²) in [5.41, 5.74) is 0. The van der Waals surface area contributed by atoms with E-state index in [1.54, 1.807) is 0 Å². The van der Waals surface area contributed by atoms with E-state index in [1.165, 1.54) is 0 Å². The van der Waals surface area contributed by atoms with Crippen molar-refractivity contribution in [3.63, 3.8) is 0 Å². The lowest BCUT2D eigenvalue weighted by Crippen LogP contribution is -2.35. The number of hydrogen-bond acceptors (Lipinski definition) is 9. The number of nitrogens with zero attached hydrogens (tertiary/aromatic N) is 2. The molecule has 0 saturated carbocycles. The molecule has 0 aromatic carbocycles. The van der Waals surface area contributed by atoms with Crippen LogP contribution < -0.4 is 0 Å². The van der Waals surface area contributed by atoms with Gasteiger partial charge in [0.1, 0.15) is 0 Å². The first kappa shape index (κ1) is 22.9. The summed E-state index contributed by atoms with van der Waals surface area (Å²) in [5, 5.41) is 0.310. The van der Waals surface area contributed by atoms with Crippen LogP contribution in [0.5, 0.6) is 0 Å². The minimum Gasteiger partial charge on any atom is -0.344 e. The molecule has 12 nitrogen and oxygen atoms in total. The molecule has 1 saturated heterocycles. The Morgan fingerprint density at radius 1 is 1.03 bits per heavy atom. The van der Waals surface area contributed by atoms with E-state index in [4.69, 9.17) is 0 Å². The number of hydrogen-bond donors (Lipinski definition) is 1. The first-order valence-electron chi connectivity index (χ1n) is 8.52. The molecule has 0 radical (unpaired) electrons. The maximum atomic E-state index is 12.1. The van der Waals surface area contributed by atoms with Gasteiger partial charge in [0.2, 0.25) is 7.37 Å². The van der Waals surface area contributed by atoms with Crippen molar-refractivity contribution in [1.29, 1.82) is 0 Å². The molecule has 0 aromatic rings. The number of hydroxylamine groups is 2. The molecule has 2 aliphatic rings. The van der Waals surface area contributed by atoms with Gasteiger partial charge in [-0.05, 0) is 0 Å². The first-order chi connectivity index (χ1) is 13.4. The SMILES string of the molecule is O=C(CCP(=O)(O)CCS(=O)(=O)CCN1C(=O)C=CC1=O)ON1C(=O)CCC1=O. The van der Waals surface area contributed by atoms with Crippen LogP contribution in [0.1, 0.15) is 19.3 Å². The summed E-state index contributed by atoms with van der Waals surface area (Å²) >= 11 is 0. The van der Waals surface area contributed by atoms with Gasteiger partial charge >= 0.3 is 5.97 Å². The van der Waals surface area contributed by atoms with Gasteiger partial charge in [0.05, 0.1) is 17.9 Å². The van der Waals surface area contributed by atoms with Gasteiger partial charge in [0, 0.05) is 43.9 Å². The van der Waals surface area contributed by atoms with Gasteiger partial charge in [-0.15, -0.1) is 5.06 Å². The molecule has 1 N–H and O–H groups in total. The molecule has 0 bridgehead atoms. The molecule has 4 amide bonds. The van der Waals surface area contributed by atoms with Crippen molar-refractivity contribution in [3.8, 4) is 0 Å². The predicted octanol–water partition coefficient (Wildman–Crippen LogP) is -1.41. The van der Waals surface area contributed by atoms with E-state index in [-0.39, 0.29) is 19.4 Å². The lowest BCUT2D eigenvalue weighted by Gasteiger charge is -2.15. The molecular formula is C15H19N2O10PS. The Kier molecular flexibility index (Phi) is 7.09. The minimum absolute atomic E-state index is 0.0901. The molecule has 1 atom stereocenters. The lowest BCUT2D eigenvalue weighted by atomic mass is 10.4. The highest BCUT2D eigenvalue weighted by molar-refractivity contribution is 7.91. The molecule has 160 valence electrons. The van der Waals surface area contributed by atoms with E-state index in [0.717, 1.165) is 17.1 Å². The van der Waals surface area contributed by atoms with E-state index >= 15 is 0 Å². The summed E-state index contributed by atoms with van der Waals surface area (Å²) in [5.74, 6) is -4.95. The Balaban J connectivity index is 1.76. The van der Waals surface area contributed by atoms with E-state index in [9.17, 15) is 41.8 Å². The fourth-order valence-corrected chi connectivity index (χ4v) is 6.12. The zero-order chi connectivity index (χ0) is 21.8. The van der Waals surface area contributed by atoms with Crippen molar-refractivity contribution >= 4 is 46.8 Å². The van der Waals surface area contributed by atoms with Crippen LogP contribution in [0.25, 0.3) is 0 Å². The Labute approximate surface area is 165 Å². The van der Waals surface area contributed by atoms with Crippen LogP contribution in [0, 0.1) is 0 Å². The number of carbonyl (C=O) groups is 5. The Hall–Kier alpha value is -2.37. The quantitative estimate of drug-likeness (QED) is 0.308. The minimum atomic E-state index is -4.02. The molecule has 2 rings (SSSR count). The second kappa shape index (κ2) is 8.97. The fourth-order valence-electron chi connectivity index (χ4n) is 2.45.